The number of piperidine rings is 1. The molecule has 1 N–H and O–H groups in total. The van der Waals surface area contributed by atoms with Gasteiger partial charge >= 0.3 is 0 Å². The number of rotatable bonds is 3. The van der Waals surface area contributed by atoms with Crippen molar-refractivity contribution >= 4 is 9.84 Å². The fraction of sp³-hybridized carbons (Fsp3) is 0.850. The molecular weight excluding hydrogens is 392 g/mol. The number of aryl methyl sites for hydroxylation is 2. The Balaban J connectivity index is 1.56. The summed E-state index contributed by atoms with van der Waals surface area (Å²) in [6, 6.07) is 1.70. The fourth-order valence-corrected chi connectivity index (χ4v) is 8.17. The molecule has 2 spiro atoms. The molecule has 4 saturated heterocycles. The highest BCUT2D eigenvalue weighted by molar-refractivity contribution is 7.92. The maximum absolute atomic E-state index is 14.2. The van der Waals surface area contributed by atoms with Crippen LogP contribution >= 0.6 is 0 Å². The predicted octanol–water partition coefficient (Wildman–Crippen LogP) is 0.853. The summed E-state index contributed by atoms with van der Waals surface area (Å²) >= 11 is 0. The molecule has 8 nitrogen and oxygen atoms in total. The Morgan fingerprint density at radius 3 is 2.62 bits per heavy atom. The lowest BCUT2D eigenvalue weighted by molar-refractivity contribution is -0.0207. The summed E-state index contributed by atoms with van der Waals surface area (Å²) in [6.45, 7) is 6.87. The second-order valence-electron chi connectivity index (χ2n) is 9.57. The maximum Gasteiger partial charge on any atom is 0.216 e. The molecule has 5 rings (SSSR count). The van der Waals surface area contributed by atoms with Gasteiger partial charge in [-0.15, -0.1) is 0 Å². The molecule has 9 heteroatoms. The lowest BCUT2D eigenvalue weighted by atomic mass is 9.86. The van der Waals surface area contributed by atoms with Crippen LogP contribution in [0.15, 0.2) is 11.1 Å². The van der Waals surface area contributed by atoms with E-state index in [1.54, 1.807) is 13.1 Å². The third kappa shape index (κ3) is 3.00. The van der Waals surface area contributed by atoms with E-state index in [2.05, 4.69) is 15.3 Å². The minimum absolute atomic E-state index is 0.0920. The first-order valence-electron chi connectivity index (χ1n) is 10.7. The zero-order valence-electron chi connectivity index (χ0n) is 17.4. The summed E-state index contributed by atoms with van der Waals surface area (Å²) in [6.07, 6.45) is 4.25. The van der Waals surface area contributed by atoms with E-state index in [0.29, 0.717) is 11.4 Å². The molecule has 4 aliphatic rings. The molecule has 0 aromatic carbocycles. The van der Waals surface area contributed by atoms with Crippen molar-refractivity contribution in [2.75, 3.05) is 46.0 Å². The molecule has 0 amide bonds. The number of hydrogen-bond acceptors (Lipinski definition) is 7. The topological polar surface area (TPSA) is 85.7 Å². The van der Waals surface area contributed by atoms with Gasteiger partial charge in [-0.2, -0.15) is 5.10 Å². The van der Waals surface area contributed by atoms with Crippen LogP contribution in [0.5, 0.6) is 0 Å². The van der Waals surface area contributed by atoms with Crippen LogP contribution in [0.3, 0.4) is 0 Å². The van der Waals surface area contributed by atoms with E-state index >= 15 is 0 Å². The highest BCUT2D eigenvalue weighted by atomic mass is 32.2. The minimum Gasteiger partial charge on any atom is -0.381 e. The molecular formula is C20H32N4O4S. The first-order chi connectivity index (χ1) is 13.8. The Morgan fingerprint density at radius 2 is 1.97 bits per heavy atom. The molecule has 0 bridgehead atoms. The van der Waals surface area contributed by atoms with E-state index in [-0.39, 0.29) is 17.6 Å². The van der Waals surface area contributed by atoms with Crippen molar-refractivity contribution in [2.24, 2.45) is 12.5 Å². The summed E-state index contributed by atoms with van der Waals surface area (Å²) in [5, 5.41) is 8.01. The number of nitrogens with zero attached hydrogens (tertiary/aromatic N) is 3. The van der Waals surface area contributed by atoms with Crippen LogP contribution < -0.4 is 5.32 Å². The van der Waals surface area contributed by atoms with E-state index in [4.69, 9.17) is 9.47 Å². The Labute approximate surface area is 172 Å². The Morgan fingerprint density at radius 1 is 1.17 bits per heavy atom. The van der Waals surface area contributed by atoms with Gasteiger partial charge in [0.05, 0.1) is 24.5 Å². The highest BCUT2D eigenvalue weighted by Gasteiger charge is 2.63. The quantitative estimate of drug-likeness (QED) is 0.770. The molecule has 0 saturated carbocycles. The fourth-order valence-electron chi connectivity index (χ4n) is 5.91. The molecule has 2 atom stereocenters. The summed E-state index contributed by atoms with van der Waals surface area (Å²) < 4.78 is 42.0. The van der Waals surface area contributed by atoms with Crippen LogP contribution in [0.4, 0.5) is 0 Å². The van der Waals surface area contributed by atoms with Crippen molar-refractivity contribution in [1.82, 2.24) is 20.0 Å². The van der Waals surface area contributed by atoms with Crippen molar-refractivity contribution in [1.29, 1.82) is 0 Å². The molecule has 29 heavy (non-hydrogen) atoms. The van der Waals surface area contributed by atoms with Crippen LogP contribution in [0.2, 0.25) is 0 Å². The van der Waals surface area contributed by atoms with Gasteiger partial charge in [-0.05, 0) is 51.8 Å². The van der Waals surface area contributed by atoms with E-state index in [0.717, 1.165) is 70.8 Å². The molecule has 4 fully saturated rings. The molecule has 1 aromatic heterocycles. The number of nitrogens with one attached hydrogen (secondary N) is 1. The van der Waals surface area contributed by atoms with Crippen LogP contribution in [-0.4, -0.2) is 79.6 Å². The van der Waals surface area contributed by atoms with Crippen molar-refractivity contribution in [2.45, 2.75) is 54.5 Å². The van der Waals surface area contributed by atoms with Crippen molar-refractivity contribution in [3.05, 3.63) is 11.8 Å². The van der Waals surface area contributed by atoms with Crippen LogP contribution in [-0.2, 0) is 26.4 Å². The summed E-state index contributed by atoms with van der Waals surface area (Å²) in [4.78, 5) is 1.19. The predicted molar refractivity (Wildman–Crippen MR) is 107 cm³/mol. The van der Waals surface area contributed by atoms with Gasteiger partial charge in [0.15, 0.2) is 9.90 Å². The Kier molecular flexibility index (Phi) is 4.64. The maximum atomic E-state index is 14.2. The van der Waals surface area contributed by atoms with Gasteiger partial charge in [-0.25, -0.2) is 8.42 Å². The molecule has 2 unspecified atom stereocenters. The Bertz CT molecular complexity index is 886. The second kappa shape index (κ2) is 6.75. The molecule has 4 aliphatic heterocycles. The van der Waals surface area contributed by atoms with Crippen LogP contribution in [0.25, 0.3) is 0 Å². The van der Waals surface area contributed by atoms with Gasteiger partial charge in [0.2, 0.25) is 9.84 Å². The largest absolute Gasteiger partial charge is 0.381 e. The molecule has 162 valence electrons. The van der Waals surface area contributed by atoms with Gasteiger partial charge in [0, 0.05) is 38.6 Å². The van der Waals surface area contributed by atoms with E-state index < -0.39 is 14.7 Å². The number of sulfone groups is 1. The zero-order valence-corrected chi connectivity index (χ0v) is 18.3. The van der Waals surface area contributed by atoms with E-state index in [9.17, 15) is 8.42 Å². The van der Waals surface area contributed by atoms with Crippen LogP contribution in [0, 0.1) is 12.3 Å². The van der Waals surface area contributed by atoms with E-state index in [1.807, 2.05) is 6.92 Å². The van der Waals surface area contributed by atoms with Gasteiger partial charge < -0.3 is 14.8 Å². The average molecular weight is 425 g/mol. The number of likely N-dealkylation sites (tertiary alicyclic amines) is 1. The number of aromatic nitrogens is 2. The van der Waals surface area contributed by atoms with Gasteiger partial charge in [-0.1, -0.05) is 0 Å². The second-order valence-corrected chi connectivity index (χ2v) is 11.8. The standard InChI is InChI=1S/C20H32N4O4S/c1-16-11-17(23(2)22-16)29(25,26)20(12-19(28-15-20)3-7-21-8-4-19)24-9-5-18(13-24)6-10-27-14-18/h11,21H,3-10,12-15H2,1-2H3. The summed E-state index contributed by atoms with van der Waals surface area (Å²) in [5.41, 5.74) is 0.460. The van der Waals surface area contributed by atoms with Crippen molar-refractivity contribution in [3.8, 4) is 0 Å². The van der Waals surface area contributed by atoms with Crippen molar-refractivity contribution in [3.63, 3.8) is 0 Å². The smallest absolute Gasteiger partial charge is 0.216 e. The first kappa shape index (κ1) is 19.9. The minimum atomic E-state index is -3.67. The Hall–Kier alpha value is -1.00. The summed E-state index contributed by atoms with van der Waals surface area (Å²) in [7, 11) is -1.95. The molecule has 5 heterocycles. The van der Waals surface area contributed by atoms with E-state index in [1.165, 1.54) is 4.68 Å². The van der Waals surface area contributed by atoms with Gasteiger partial charge in [0.1, 0.15) is 0 Å². The molecule has 1 aromatic rings. The molecule has 0 aliphatic carbocycles. The summed E-state index contributed by atoms with van der Waals surface area (Å²) in [5.74, 6) is 0. The number of ether oxygens (including phenoxy) is 2. The monoisotopic (exact) mass is 424 g/mol. The molecule has 0 radical (unpaired) electrons. The lowest BCUT2D eigenvalue weighted by Crippen LogP contribution is -2.56. The third-order valence-electron chi connectivity index (χ3n) is 7.65. The van der Waals surface area contributed by atoms with Gasteiger partial charge in [-0.3, -0.25) is 9.58 Å². The van der Waals surface area contributed by atoms with Crippen molar-refractivity contribution < 1.29 is 17.9 Å². The van der Waals surface area contributed by atoms with Crippen LogP contribution in [0.1, 0.15) is 37.8 Å². The van der Waals surface area contributed by atoms with Gasteiger partial charge in [0.25, 0.3) is 0 Å². The normalized spacial score (nSPS) is 35.2. The SMILES string of the molecule is Cc1cc(S(=O)(=O)C2(N3CCC4(CCOC4)C3)COC3(CCNCC3)C2)n(C)n1. The lowest BCUT2D eigenvalue weighted by Gasteiger charge is -2.39. The zero-order chi connectivity index (χ0) is 20.3. The first-order valence-corrected chi connectivity index (χ1v) is 12.2. The number of hydrogen-bond donors (Lipinski definition) is 1. The highest BCUT2D eigenvalue weighted by Crippen LogP contribution is 2.51. The third-order valence-corrected chi connectivity index (χ3v) is 10.1. The average Bonchev–Trinajstić information content (AvgIpc) is 3.46.